The van der Waals surface area contributed by atoms with Crippen LogP contribution in [0.2, 0.25) is 0 Å². The maximum Gasteiger partial charge on any atom is 0.252 e. The van der Waals surface area contributed by atoms with E-state index in [2.05, 4.69) is 43.3 Å². The number of rotatable bonds is 2. The summed E-state index contributed by atoms with van der Waals surface area (Å²) in [7, 11) is 0. The highest BCUT2D eigenvalue weighted by Gasteiger charge is 2.51. The van der Waals surface area contributed by atoms with Gasteiger partial charge < -0.3 is 5.32 Å². The Bertz CT molecular complexity index is 364. The largest absolute Gasteiger partial charge is 0.341 e. The highest BCUT2D eigenvalue weighted by atomic mass is 16.2. The molecule has 2 N–H and O–H groups in total. The molecule has 1 saturated heterocycles. The monoisotopic (exact) mass is 251 g/mol. The van der Waals surface area contributed by atoms with Crippen LogP contribution in [0, 0.1) is 17.8 Å². The zero-order valence-electron chi connectivity index (χ0n) is 11.9. The van der Waals surface area contributed by atoms with Crippen LogP contribution in [-0.2, 0) is 4.79 Å². The molecule has 4 heteroatoms. The highest BCUT2D eigenvalue weighted by Crippen LogP contribution is 2.38. The van der Waals surface area contributed by atoms with Crippen LogP contribution in [0.25, 0.3) is 0 Å². The third kappa shape index (κ3) is 2.38. The molecule has 1 heterocycles. The number of amides is 1. The number of hydrogen-bond acceptors (Lipinski definition) is 2. The topological polar surface area (TPSA) is 53.5 Å². The molecule has 0 aromatic rings. The second-order valence-corrected chi connectivity index (χ2v) is 6.42. The zero-order valence-corrected chi connectivity index (χ0v) is 11.9. The average Bonchev–Trinajstić information content (AvgIpc) is 2.60. The van der Waals surface area contributed by atoms with Gasteiger partial charge in [0.15, 0.2) is 5.96 Å². The van der Waals surface area contributed by atoms with Crippen LogP contribution >= 0.6 is 0 Å². The SMILES string of the molecule is CC(C)CN=C1NC(=O)C2(CC(C)CCC2C)N1. The van der Waals surface area contributed by atoms with Crippen molar-refractivity contribution >= 4 is 11.9 Å². The van der Waals surface area contributed by atoms with E-state index >= 15 is 0 Å². The molecule has 1 aliphatic carbocycles. The number of guanidine groups is 1. The van der Waals surface area contributed by atoms with Crippen molar-refractivity contribution in [2.24, 2.45) is 22.7 Å². The van der Waals surface area contributed by atoms with Gasteiger partial charge in [-0.25, -0.2) is 0 Å². The molecule has 0 aromatic heterocycles. The molecule has 1 spiro atoms. The number of nitrogens with zero attached hydrogens (tertiary/aromatic N) is 1. The fourth-order valence-electron chi connectivity index (χ4n) is 3.00. The molecule has 0 aromatic carbocycles. The van der Waals surface area contributed by atoms with Crippen molar-refractivity contribution in [2.75, 3.05) is 6.54 Å². The first kappa shape index (κ1) is 13.4. The third-order valence-electron chi connectivity index (χ3n) is 4.20. The van der Waals surface area contributed by atoms with E-state index in [9.17, 15) is 4.79 Å². The predicted octanol–water partition coefficient (Wildman–Crippen LogP) is 1.91. The van der Waals surface area contributed by atoms with Crippen LogP contribution in [0.3, 0.4) is 0 Å². The summed E-state index contributed by atoms with van der Waals surface area (Å²) in [5.74, 6) is 2.28. The molecular weight excluding hydrogens is 226 g/mol. The maximum absolute atomic E-state index is 12.3. The smallest absolute Gasteiger partial charge is 0.252 e. The number of carbonyl (C=O) groups excluding carboxylic acids is 1. The molecule has 2 fully saturated rings. The average molecular weight is 251 g/mol. The van der Waals surface area contributed by atoms with Crippen LogP contribution in [0.15, 0.2) is 4.99 Å². The number of nitrogens with one attached hydrogen (secondary N) is 2. The fourth-order valence-corrected chi connectivity index (χ4v) is 3.00. The Balaban J connectivity index is 2.14. The van der Waals surface area contributed by atoms with Gasteiger partial charge in [0, 0.05) is 6.54 Å². The van der Waals surface area contributed by atoms with Gasteiger partial charge >= 0.3 is 0 Å². The molecule has 3 unspecified atom stereocenters. The number of aliphatic imine (C=N–C) groups is 1. The van der Waals surface area contributed by atoms with Crippen molar-refractivity contribution in [3.63, 3.8) is 0 Å². The first-order valence-electron chi connectivity index (χ1n) is 7.08. The van der Waals surface area contributed by atoms with E-state index < -0.39 is 5.54 Å². The van der Waals surface area contributed by atoms with Gasteiger partial charge in [0.25, 0.3) is 5.91 Å². The van der Waals surface area contributed by atoms with Gasteiger partial charge in [-0.05, 0) is 30.6 Å². The zero-order chi connectivity index (χ0) is 13.3. The summed E-state index contributed by atoms with van der Waals surface area (Å²) in [6, 6.07) is 0. The predicted molar refractivity (Wildman–Crippen MR) is 73.3 cm³/mol. The lowest BCUT2D eigenvalue weighted by Crippen LogP contribution is -2.55. The lowest BCUT2D eigenvalue weighted by atomic mass is 9.70. The molecule has 0 bridgehead atoms. The third-order valence-corrected chi connectivity index (χ3v) is 4.20. The second-order valence-electron chi connectivity index (χ2n) is 6.42. The second kappa shape index (κ2) is 4.90. The van der Waals surface area contributed by atoms with E-state index in [-0.39, 0.29) is 5.91 Å². The Morgan fingerprint density at radius 3 is 2.78 bits per heavy atom. The van der Waals surface area contributed by atoms with E-state index in [4.69, 9.17) is 0 Å². The minimum Gasteiger partial charge on any atom is -0.341 e. The first-order chi connectivity index (χ1) is 8.44. The summed E-state index contributed by atoms with van der Waals surface area (Å²) >= 11 is 0. The van der Waals surface area contributed by atoms with Crippen molar-refractivity contribution in [3.8, 4) is 0 Å². The Hall–Kier alpha value is -1.06. The van der Waals surface area contributed by atoms with Crippen LogP contribution in [0.5, 0.6) is 0 Å². The Morgan fingerprint density at radius 1 is 1.39 bits per heavy atom. The summed E-state index contributed by atoms with van der Waals surface area (Å²) in [5, 5.41) is 6.30. The molecular formula is C14H25N3O. The molecule has 102 valence electrons. The molecule has 1 amide bonds. The van der Waals surface area contributed by atoms with Crippen LogP contribution in [0.1, 0.15) is 47.0 Å². The van der Waals surface area contributed by atoms with E-state index in [1.54, 1.807) is 0 Å². The molecule has 3 atom stereocenters. The van der Waals surface area contributed by atoms with Gasteiger partial charge in [-0.3, -0.25) is 15.1 Å². The Morgan fingerprint density at radius 2 is 2.11 bits per heavy atom. The summed E-state index contributed by atoms with van der Waals surface area (Å²) < 4.78 is 0. The fraction of sp³-hybridized carbons (Fsp3) is 0.857. The quantitative estimate of drug-likeness (QED) is 0.787. The minimum atomic E-state index is -0.409. The van der Waals surface area contributed by atoms with Gasteiger partial charge in [0.1, 0.15) is 5.54 Å². The van der Waals surface area contributed by atoms with Crippen molar-refractivity contribution in [3.05, 3.63) is 0 Å². The molecule has 1 saturated carbocycles. The van der Waals surface area contributed by atoms with E-state index in [1.165, 1.54) is 6.42 Å². The van der Waals surface area contributed by atoms with Gasteiger partial charge in [0.2, 0.25) is 0 Å². The molecule has 0 radical (unpaired) electrons. The standard InChI is InChI=1S/C14H25N3O/c1-9(2)8-15-13-16-12(18)14(17-13)7-10(3)5-6-11(14)4/h9-11H,5-8H2,1-4H3,(H2,15,16,17,18). The van der Waals surface area contributed by atoms with Crippen molar-refractivity contribution in [2.45, 2.75) is 52.5 Å². The summed E-state index contributed by atoms with van der Waals surface area (Å²) in [5.41, 5.74) is -0.409. The van der Waals surface area contributed by atoms with E-state index in [0.717, 1.165) is 19.4 Å². The molecule has 2 rings (SSSR count). The van der Waals surface area contributed by atoms with Crippen LogP contribution in [-0.4, -0.2) is 24.0 Å². The molecule has 18 heavy (non-hydrogen) atoms. The van der Waals surface area contributed by atoms with Crippen LogP contribution < -0.4 is 10.6 Å². The Labute approximate surface area is 110 Å². The lowest BCUT2D eigenvalue weighted by molar-refractivity contribution is -0.127. The Kier molecular flexibility index (Phi) is 3.64. The number of carbonyl (C=O) groups is 1. The van der Waals surface area contributed by atoms with Gasteiger partial charge in [-0.1, -0.05) is 34.1 Å². The molecule has 4 nitrogen and oxygen atoms in total. The first-order valence-corrected chi connectivity index (χ1v) is 7.08. The summed E-state index contributed by atoms with van der Waals surface area (Å²) in [4.78, 5) is 16.8. The van der Waals surface area contributed by atoms with Crippen LogP contribution in [0.4, 0.5) is 0 Å². The lowest BCUT2D eigenvalue weighted by Gasteiger charge is -2.39. The highest BCUT2D eigenvalue weighted by molar-refractivity contribution is 6.09. The molecule has 2 aliphatic rings. The maximum atomic E-state index is 12.3. The van der Waals surface area contributed by atoms with Crippen molar-refractivity contribution < 1.29 is 4.79 Å². The van der Waals surface area contributed by atoms with Gasteiger partial charge in [-0.15, -0.1) is 0 Å². The van der Waals surface area contributed by atoms with Crippen molar-refractivity contribution in [1.82, 2.24) is 10.6 Å². The van der Waals surface area contributed by atoms with E-state index in [0.29, 0.717) is 23.7 Å². The van der Waals surface area contributed by atoms with Gasteiger partial charge in [0.05, 0.1) is 0 Å². The summed E-state index contributed by atoms with van der Waals surface area (Å²) in [6.45, 7) is 9.40. The normalized spacial score (nSPS) is 38.3. The van der Waals surface area contributed by atoms with Crippen molar-refractivity contribution in [1.29, 1.82) is 0 Å². The van der Waals surface area contributed by atoms with E-state index in [1.807, 2.05) is 0 Å². The van der Waals surface area contributed by atoms with Gasteiger partial charge in [-0.2, -0.15) is 0 Å². The molecule has 1 aliphatic heterocycles. The summed E-state index contributed by atoms with van der Waals surface area (Å²) in [6.07, 6.45) is 3.25. The minimum absolute atomic E-state index is 0.115. The number of hydrogen-bond donors (Lipinski definition) is 2.